The van der Waals surface area contributed by atoms with Gasteiger partial charge in [-0.25, -0.2) is 4.98 Å². The molecule has 0 aliphatic carbocycles. The van der Waals surface area contributed by atoms with Crippen LogP contribution in [0.4, 0.5) is 5.69 Å². The molecule has 0 saturated carbocycles. The van der Waals surface area contributed by atoms with Crippen LogP contribution in [-0.2, 0) is 11.8 Å². The minimum atomic E-state index is -0.204. The number of carbonyl (C=O) groups excluding carboxylic acids is 1. The van der Waals surface area contributed by atoms with Gasteiger partial charge < -0.3 is 10.1 Å². The molecule has 0 saturated heterocycles. The number of nitrogens with one attached hydrogen (secondary N) is 1. The quantitative estimate of drug-likeness (QED) is 0.492. The highest BCUT2D eigenvalue weighted by molar-refractivity contribution is 9.10. The molecule has 0 spiro atoms. The zero-order valence-electron chi connectivity index (χ0n) is 14.2. The SMILES string of the molecule is COc1ccccc1NC(=O)CSc1nc2ccc(Br)cc2c(=O)n1C. The van der Waals surface area contributed by atoms with Gasteiger partial charge in [-0.3, -0.25) is 14.2 Å². The number of carbonyl (C=O) groups is 1. The van der Waals surface area contributed by atoms with Crippen LogP contribution in [0.5, 0.6) is 5.75 Å². The van der Waals surface area contributed by atoms with E-state index in [1.54, 1.807) is 38.4 Å². The van der Waals surface area contributed by atoms with Crippen LogP contribution in [0.2, 0.25) is 0 Å². The molecule has 8 heteroatoms. The van der Waals surface area contributed by atoms with Gasteiger partial charge in [0.15, 0.2) is 5.16 Å². The van der Waals surface area contributed by atoms with Gasteiger partial charge in [-0.05, 0) is 30.3 Å². The second-order valence-electron chi connectivity index (χ2n) is 5.46. The summed E-state index contributed by atoms with van der Waals surface area (Å²) in [5.74, 6) is 0.512. The normalized spacial score (nSPS) is 10.7. The second-order valence-corrected chi connectivity index (χ2v) is 7.32. The number of anilines is 1. The van der Waals surface area contributed by atoms with Gasteiger partial charge in [0.1, 0.15) is 5.75 Å². The van der Waals surface area contributed by atoms with Crippen molar-refractivity contribution in [3.05, 3.63) is 57.3 Å². The van der Waals surface area contributed by atoms with Crippen LogP contribution in [-0.4, -0.2) is 28.3 Å². The second kappa shape index (κ2) is 7.92. The lowest BCUT2D eigenvalue weighted by Crippen LogP contribution is -2.21. The summed E-state index contributed by atoms with van der Waals surface area (Å²) in [6.07, 6.45) is 0. The molecule has 0 radical (unpaired) electrons. The van der Waals surface area contributed by atoms with Crippen molar-refractivity contribution < 1.29 is 9.53 Å². The van der Waals surface area contributed by atoms with Crippen molar-refractivity contribution in [2.24, 2.45) is 7.05 Å². The summed E-state index contributed by atoms with van der Waals surface area (Å²) in [6.45, 7) is 0. The number of thioether (sulfide) groups is 1. The molecule has 2 aromatic carbocycles. The van der Waals surface area contributed by atoms with Crippen LogP contribution >= 0.6 is 27.7 Å². The Bertz CT molecular complexity index is 1040. The molecule has 134 valence electrons. The molecule has 0 bridgehead atoms. The molecule has 0 aliphatic rings. The van der Waals surface area contributed by atoms with Crippen LogP contribution < -0.4 is 15.6 Å². The van der Waals surface area contributed by atoms with Gasteiger partial charge in [0.25, 0.3) is 5.56 Å². The molecule has 0 atom stereocenters. The smallest absolute Gasteiger partial charge is 0.261 e. The molecule has 1 heterocycles. The van der Waals surface area contributed by atoms with E-state index < -0.39 is 0 Å². The number of nitrogens with zero attached hydrogens (tertiary/aromatic N) is 2. The average Bonchev–Trinajstić information content (AvgIpc) is 2.64. The number of fused-ring (bicyclic) bond motifs is 1. The van der Waals surface area contributed by atoms with Crippen LogP contribution in [0.3, 0.4) is 0 Å². The third-order valence-electron chi connectivity index (χ3n) is 3.71. The van der Waals surface area contributed by atoms with E-state index in [4.69, 9.17) is 4.74 Å². The zero-order valence-corrected chi connectivity index (χ0v) is 16.6. The third-order valence-corrected chi connectivity index (χ3v) is 5.23. The summed E-state index contributed by atoms with van der Waals surface area (Å²) in [4.78, 5) is 29.2. The van der Waals surface area contributed by atoms with E-state index in [0.717, 1.165) is 4.47 Å². The highest BCUT2D eigenvalue weighted by Gasteiger charge is 2.12. The summed E-state index contributed by atoms with van der Waals surface area (Å²) >= 11 is 4.57. The number of amides is 1. The maximum absolute atomic E-state index is 12.5. The predicted molar refractivity (Wildman–Crippen MR) is 107 cm³/mol. The summed E-state index contributed by atoms with van der Waals surface area (Å²) in [5, 5.41) is 3.82. The third kappa shape index (κ3) is 3.91. The standard InChI is InChI=1S/C18H16BrN3O3S/c1-22-17(24)12-9-11(19)7-8-13(12)21-18(22)26-10-16(23)20-14-5-3-4-6-15(14)25-2/h3-9H,10H2,1-2H3,(H,20,23). The number of benzene rings is 2. The van der Waals surface area contributed by atoms with Crippen molar-refractivity contribution in [1.82, 2.24) is 9.55 Å². The minimum Gasteiger partial charge on any atom is -0.495 e. The lowest BCUT2D eigenvalue weighted by atomic mass is 10.2. The number of rotatable bonds is 5. The molecule has 3 aromatic rings. The van der Waals surface area contributed by atoms with Gasteiger partial charge in [-0.1, -0.05) is 39.8 Å². The number of ether oxygens (including phenoxy) is 1. The Balaban J connectivity index is 1.77. The number of halogens is 1. The molecule has 0 aliphatic heterocycles. The van der Waals surface area contributed by atoms with Crippen molar-refractivity contribution in [2.45, 2.75) is 5.16 Å². The van der Waals surface area contributed by atoms with Crippen molar-refractivity contribution in [2.75, 3.05) is 18.2 Å². The Morgan fingerprint density at radius 1 is 1.31 bits per heavy atom. The number of methoxy groups -OCH3 is 1. The summed E-state index contributed by atoms with van der Waals surface area (Å²) in [6, 6.07) is 12.5. The monoisotopic (exact) mass is 433 g/mol. The zero-order chi connectivity index (χ0) is 18.7. The average molecular weight is 434 g/mol. The van der Waals surface area contributed by atoms with Crippen molar-refractivity contribution in [3.63, 3.8) is 0 Å². The molecule has 0 unspecified atom stereocenters. The topological polar surface area (TPSA) is 73.2 Å². The Morgan fingerprint density at radius 2 is 2.08 bits per heavy atom. The molecular formula is C18H16BrN3O3S. The maximum Gasteiger partial charge on any atom is 0.261 e. The van der Waals surface area contributed by atoms with E-state index in [2.05, 4.69) is 26.2 Å². The van der Waals surface area contributed by atoms with E-state index in [1.807, 2.05) is 18.2 Å². The summed E-state index contributed by atoms with van der Waals surface area (Å²) < 4.78 is 7.49. The van der Waals surface area contributed by atoms with E-state index in [-0.39, 0.29) is 17.2 Å². The predicted octanol–water partition coefficient (Wildman–Crippen LogP) is 3.44. The fourth-order valence-corrected chi connectivity index (χ4v) is 3.55. The van der Waals surface area contributed by atoms with Gasteiger partial charge in [0.2, 0.25) is 5.91 Å². The first kappa shape index (κ1) is 18.5. The Labute approximate surface area is 162 Å². The fraction of sp³-hybridized carbons (Fsp3) is 0.167. The lowest BCUT2D eigenvalue weighted by Gasteiger charge is -2.11. The van der Waals surface area contributed by atoms with Gasteiger partial charge in [0.05, 0.1) is 29.5 Å². The first-order chi connectivity index (χ1) is 12.5. The Kier molecular flexibility index (Phi) is 5.63. The molecule has 3 rings (SSSR count). The van der Waals surface area contributed by atoms with Crippen molar-refractivity contribution in [1.29, 1.82) is 0 Å². The molecule has 1 N–H and O–H groups in total. The van der Waals surface area contributed by atoms with Gasteiger partial charge >= 0.3 is 0 Å². The fourth-order valence-electron chi connectivity index (χ4n) is 2.42. The number of aromatic nitrogens is 2. The molecule has 26 heavy (non-hydrogen) atoms. The Hall–Kier alpha value is -2.32. The largest absolute Gasteiger partial charge is 0.495 e. The summed E-state index contributed by atoms with van der Waals surface area (Å²) in [7, 11) is 3.20. The Morgan fingerprint density at radius 3 is 2.85 bits per heavy atom. The van der Waals surface area contributed by atoms with E-state index in [1.165, 1.54) is 16.3 Å². The highest BCUT2D eigenvalue weighted by Crippen LogP contribution is 2.24. The van der Waals surface area contributed by atoms with Gasteiger partial charge in [-0.2, -0.15) is 0 Å². The first-order valence-corrected chi connectivity index (χ1v) is 9.49. The van der Waals surface area contributed by atoms with E-state index in [9.17, 15) is 9.59 Å². The van der Waals surface area contributed by atoms with E-state index in [0.29, 0.717) is 27.5 Å². The van der Waals surface area contributed by atoms with Crippen LogP contribution in [0, 0.1) is 0 Å². The molecule has 0 fully saturated rings. The molecule has 6 nitrogen and oxygen atoms in total. The summed E-state index contributed by atoms with van der Waals surface area (Å²) in [5.41, 5.74) is 1.05. The van der Waals surface area contributed by atoms with E-state index >= 15 is 0 Å². The van der Waals surface area contributed by atoms with Crippen LogP contribution in [0.15, 0.2) is 56.9 Å². The molecule has 1 amide bonds. The highest BCUT2D eigenvalue weighted by atomic mass is 79.9. The maximum atomic E-state index is 12.5. The minimum absolute atomic E-state index is 0.125. The number of hydrogen-bond acceptors (Lipinski definition) is 5. The first-order valence-electron chi connectivity index (χ1n) is 7.71. The number of hydrogen-bond donors (Lipinski definition) is 1. The van der Waals surface area contributed by atoms with Crippen LogP contribution in [0.25, 0.3) is 10.9 Å². The molecule has 1 aromatic heterocycles. The van der Waals surface area contributed by atoms with Crippen molar-refractivity contribution in [3.8, 4) is 5.75 Å². The lowest BCUT2D eigenvalue weighted by molar-refractivity contribution is -0.113. The molecular weight excluding hydrogens is 418 g/mol. The van der Waals surface area contributed by atoms with Gasteiger partial charge in [0, 0.05) is 11.5 Å². The van der Waals surface area contributed by atoms with Gasteiger partial charge in [-0.15, -0.1) is 0 Å². The number of para-hydroxylation sites is 2. The van der Waals surface area contributed by atoms with Crippen molar-refractivity contribution >= 4 is 50.2 Å². The van der Waals surface area contributed by atoms with Crippen LogP contribution in [0.1, 0.15) is 0 Å².